The third kappa shape index (κ3) is 3.07. The van der Waals surface area contributed by atoms with Gasteiger partial charge in [0.15, 0.2) is 0 Å². The van der Waals surface area contributed by atoms with E-state index >= 15 is 0 Å². The van der Waals surface area contributed by atoms with Gasteiger partial charge in [0.05, 0.1) is 12.7 Å². The highest BCUT2D eigenvalue weighted by molar-refractivity contribution is 5.74. The lowest BCUT2D eigenvalue weighted by Crippen LogP contribution is -2.45. The maximum absolute atomic E-state index is 12.2. The van der Waals surface area contributed by atoms with Gasteiger partial charge in [0.2, 0.25) is 0 Å². The van der Waals surface area contributed by atoms with Gasteiger partial charge in [-0.05, 0) is 31.7 Å². The predicted molar refractivity (Wildman–Crippen MR) is 75.6 cm³/mol. The molecule has 1 aliphatic rings. The van der Waals surface area contributed by atoms with Crippen LogP contribution in [0.4, 0.5) is 4.79 Å². The lowest BCUT2D eigenvalue weighted by atomic mass is 9.94. The molecule has 112 valence electrons. The van der Waals surface area contributed by atoms with Gasteiger partial charge >= 0.3 is 6.03 Å². The molecule has 0 bridgehead atoms. The highest BCUT2D eigenvalue weighted by atomic mass is 16.5. The largest absolute Gasteiger partial charge is 0.361 e. The van der Waals surface area contributed by atoms with Gasteiger partial charge in [-0.25, -0.2) is 4.79 Å². The molecule has 2 N–H and O–H groups in total. The van der Waals surface area contributed by atoms with E-state index in [1.807, 2.05) is 19.2 Å². The summed E-state index contributed by atoms with van der Waals surface area (Å²) in [4.78, 5) is 13.8. The third-order valence-corrected chi connectivity index (χ3v) is 3.77. The number of aromatic amines is 1. The summed E-state index contributed by atoms with van der Waals surface area (Å²) in [5.41, 5.74) is 3.14. The van der Waals surface area contributed by atoms with Gasteiger partial charge in [0.25, 0.3) is 0 Å². The number of hydrogen-bond acceptors (Lipinski definition) is 4. The number of amides is 2. The Morgan fingerprint density at radius 2 is 2.48 bits per heavy atom. The van der Waals surface area contributed by atoms with Gasteiger partial charge in [0, 0.05) is 24.8 Å². The molecular weight excluding hydrogens is 270 g/mol. The first kappa shape index (κ1) is 13.7. The van der Waals surface area contributed by atoms with Crippen molar-refractivity contribution in [3.05, 3.63) is 35.0 Å². The maximum Gasteiger partial charge on any atom is 0.317 e. The van der Waals surface area contributed by atoms with Crippen molar-refractivity contribution in [2.24, 2.45) is 0 Å². The molecule has 0 fully saturated rings. The van der Waals surface area contributed by atoms with E-state index in [0.29, 0.717) is 6.54 Å². The lowest BCUT2D eigenvalue weighted by Gasteiger charge is -2.25. The van der Waals surface area contributed by atoms with E-state index in [9.17, 15) is 4.79 Å². The van der Waals surface area contributed by atoms with Crippen LogP contribution in [-0.2, 0) is 19.4 Å². The van der Waals surface area contributed by atoms with Gasteiger partial charge in [-0.15, -0.1) is 0 Å². The minimum atomic E-state index is -0.0902. The lowest BCUT2D eigenvalue weighted by molar-refractivity contribution is 0.200. The number of H-pyrrole nitrogens is 1. The molecule has 1 unspecified atom stereocenters. The van der Waals surface area contributed by atoms with Crippen molar-refractivity contribution in [3.63, 3.8) is 0 Å². The average Bonchev–Trinajstić information content (AvgIpc) is 3.07. The van der Waals surface area contributed by atoms with E-state index in [1.54, 1.807) is 11.9 Å². The maximum atomic E-state index is 12.2. The number of nitrogens with zero attached hydrogens (tertiary/aromatic N) is 3. The Bertz CT molecular complexity index is 633. The molecule has 0 saturated carbocycles. The summed E-state index contributed by atoms with van der Waals surface area (Å²) in [6.45, 7) is 2.27. The number of carbonyl (C=O) groups is 1. The second kappa shape index (κ2) is 5.59. The van der Waals surface area contributed by atoms with E-state index in [4.69, 9.17) is 4.52 Å². The first-order valence-corrected chi connectivity index (χ1v) is 7.07. The van der Waals surface area contributed by atoms with Crippen LogP contribution in [0.5, 0.6) is 0 Å². The summed E-state index contributed by atoms with van der Waals surface area (Å²) >= 11 is 0. The minimum Gasteiger partial charge on any atom is -0.361 e. The second-order valence-electron chi connectivity index (χ2n) is 5.55. The summed E-state index contributed by atoms with van der Waals surface area (Å²) in [5.74, 6) is 0.749. The van der Waals surface area contributed by atoms with Crippen LogP contribution in [0.15, 0.2) is 16.8 Å². The summed E-state index contributed by atoms with van der Waals surface area (Å²) in [6, 6.07) is 1.90. The number of aryl methyl sites for hydroxylation is 2. The molecule has 0 aliphatic heterocycles. The van der Waals surface area contributed by atoms with Crippen molar-refractivity contribution >= 4 is 6.03 Å². The van der Waals surface area contributed by atoms with Crippen LogP contribution in [0.3, 0.4) is 0 Å². The molecule has 0 aromatic carbocycles. The number of aromatic nitrogens is 3. The molecule has 7 heteroatoms. The number of urea groups is 1. The summed E-state index contributed by atoms with van der Waals surface area (Å²) in [6.07, 6.45) is 4.52. The van der Waals surface area contributed by atoms with Crippen LogP contribution in [0.1, 0.15) is 29.1 Å². The summed E-state index contributed by atoms with van der Waals surface area (Å²) in [7, 11) is 1.76. The van der Waals surface area contributed by atoms with Gasteiger partial charge < -0.3 is 14.7 Å². The van der Waals surface area contributed by atoms with Crippen LogP contribution in [0.2, 0.25) is 0 Å². The fraction of sp³-hybridized carbons (Fsp3) is 0.500. The highest BCUT2D eigenvalue weighted by Crippen LogP contribution is 2.19. The Labute approximate surface area is 122 Å². The minimum absolute atomic E-state index is 0.0902. The molecule has 0 radical (unpaired) electrons. The Balaban J connectivity index is 1.54. The van der Waals surface area contributed by atoms with Crippen molar-refractivity contribution in [2.75, 3.05) is 7.05 Å². The Morgan fingerprint density at radius 3 is 3.24 bits per heavy atom. The zero-order valence-electron chi connectivity index (χ0n) is 12.2. The van der Waals surface area contributed by atoms with Crippen molar-refractivity contribution in [1.82, 2.24) is 25.6 Å². The van der Waals surface area contributed by atoms with Crippen LogP contribution < -0.4 is 5.32 Å². The van der Waals surface area contributed by atoms with Crippen LogP contribution in [0, 0.1) is 6.92 Å². The second-order valence-corrected chi connectivity index (χ2v) is 5.55. The molecule has 2 amide bonds. The first-order chi connectivity index (χ1) is 10.1. The van der Waals surface area contributed by atoms with Crippen LogP contribution >= 0.6 is 0 Å². The van der Waals surface area contributed by atoms with Crippen molar-refractivity contribution in [3.8, 4) is 0 Å². The Morgan fingerprint density at radius 1 is 1.62 bits per heavy atom. The SMILES string of the molecule is Cc1cc(CN(C)C(=O)NC2CCc3[nH]ncc3C2)no1. The predicted octanol–water partition coefficient (Wildman–Crippen LogP) is 1.41. The fourth-order valence-electron chi connectivity index (χ4n) is 2.63. The van der Waals surface area contributed by atoms with Gasteiger partial charge in [-0.1, -0.05) is 5.16 Å². The Hall–Kier alpha value is -2.31. The molecule has 1 aliphatic carbocycles. The molecule has 2 aromatic rings. The topological polar surface area (TPSA) is 87.0 Å². The average molecular weight is 289 g/mol. The van der Waals surface area contributed by atoms with Gasteiger partial charge in [-0.3, -0.25) is 5.10 Å². The van der Waals surface area contributed by atoms with E-state index in [1.165, 1.54) is 11.3 Å². The van der Waals surface area contributed by atoms with E-state index in [-0.39, 0.29) is 12.1 Å². The normalized spacial score (nSPS) is 17.3. The van der Waals surface area contributed by atoms with Crippen molar-refractivity contribution in [1.29, 1.82) is 0 Å². The van der Waals surface area contributed by atoms with Gasteiger partial charge in [-0.2, -0.15) is 5.10 Å². The quantitative estimate of drug-likeness (QED) is 0.894. The standard InChI is InChI=1S/C14H19N5O2/c1-9-5-12(18-21-9)8-19(2)14(20)16-11-3-4-13-10(6-11)7-15-17-13/h5,7,11H,3-4,6,8H2,1-2H3,(H,15,17)(H,16,20). The van der Waals surface area contributed by atoms with E-state index < -0.39 is 0 Å². The number of nitrogens with one attached hydrogen (secondary N) is 2. The smallest absolute Gasteiger partial charge is 0.317 e. The number of rotatable bonds is 3. The van der Waals surface area contributed by atoms with E-state index in [2.05, 4.69) is 20.7 Å². The number of fused-ring (bicyclic) bond motifs is 1. The molecule has 7 nitrogen and oxygen atoms in total. The summed E-state index contributed by atoms with van der Waals surface area (Å²) < 4.78 is 5.01. The molecule has 21 heavy (non-hydrogen) atoms. The van der Waals surface area contributed by atoms with Gasteiger partial charge in [0.1, 0.15) is 11.5 Å². The zero-order valence-corrected chi connectivity index (χ0v) is 12.2. The summed E-state index contributed by atoms with van der Waals surface area (Å²) in [5, 5.41) is 14.0. The third-order valence-electron chi connectivity index (χ3n) is 3.77. The number of carbonyl (C=O) groups excluding carboxylic acids is 1. The first-order valence-electron chi connectivity index (χ1n) is 7.07. The van der Waals surface area contributed by atoms with Crippen molar-refractivity contribution in [2.45, 2.75) is 38.8 Å². The molecule has 2 heterocycles. The monoisotopic (exact) mass is 289 g/mol. The van der Waals surface area contributed by atoms with Crippen LogP contribution in [-0.4, -0.2) is 39.4 Å². The molecule has 0 spiro atoms. The molecule has 3 rings (SSSR count). The molecular formula is C14H19N5O2. The number of hydrogen-bond donors (Lipinski definition) is 2. The van der Waals surface area contributed by atoms with E-state index in [0.717, 1.165) is 30.7 Å². The van der Waals surface area contributed by atoms with Crippen molar-refractivity contribution < 1.29 is 9.32 Å². The molecule has 0 saturated heterocycles. The molecule has 1 atom stereocenters. The fourth-order valence-corrected chi connectivity index (χ4v) is 2.63. The zero-order chi connectivity index (χ0) is 14.8. The molecule has 2 aromatic heterocycles. The highest BCUT2D eigenvalue weighted by Gasteiger charge is 2.22. The Kier molecular flexibility index (Phi) is 3.64. The van der Waals surface area contributed by atoms with Crippen LogP contribution in [0.25, 0.3) is 0 Å².